The van der Waals surface area contributed by atoms with Crippen molar-refractivity contribution in [1.82, 2.24) is 34.2 Å². The SMILES string of the molecule is CS(=O)(=O)N1CCc2c(c(-c3ccc(C(F)(F)F)c(CNC(=O)c4ccc(-c5ccccn5)s4)c3)nn2CC(O)CN2CCC(N3CCCC3=O)CC2)C1. The third-order valence-corrected chi connectivity index (χ3v) is 12.8. The Bertz CT molecular complexity index is 2110. The summed E-state index contributed by atoms with van der Waals surface area (Å²) in [6.07, 6.45) is 0.676. The smallest absolute Gasteiger partial charge is 0.390 e. The average Bonchev–Trinajstić information content (AvgIpc) is 3.89. The van der Waals surface area contributed by atoms with E-state index in [1.165, 1.54) is 27.8 Å². The predicted molar refractivity (Wildman–Crippen MR) is 197 cm³/mol. The van der Waals surface area contributed by atoms with Crippen LogP contribution in [0.25, 0.3) is 21.8 Å². The molecule has 54 heavy (non-hydrogen) atoms. The third-order valence-electron chi connectivity index (χ3n) is 10.4. The molecule has 0 radical (unpaired) electrons. The second-order valence-corrected chi connectivity index (χ2v) is 17.2. The number of piperidine rings is 1. The van der Waals surface area contributed by atoms with Gasteiger partial charge in [-0.1, -0.05) is 12.1 Å². The fourth-order valence-electron chi connectivity index (χ4n) is 7.69. The predicted octanol–water partition coefficient (Wildman–Crippen LogP) is 4.39. The zero-order valence-electron chi connectivity index (χ0n) is 29.8. The lowest BCUT2D eigenvalue weighted by molar-refractivity contribution is -0.138. The van der Waals surface area contributed by atoms with Gasteiger partial charge in [0.2, 0.25) is 15.9 Å². The van der Waals surface area contributed by atoms with E-state index in [1.807, 2.05) is 11.0 Å². The molecular weight excluding hydrogens is 744 g/mol. The Hall–Kier alpha value is -4.16. The van der Waals surface area contributed by atoms with E-state index in [4.69, 9.17) is 5.10 Å². The van der Waals surface area contributed by atoms with Crippen LogP contribution < -0.4 is 5.32 Å². The van der Waals surface area contributed by atoms with Gasteiger partial charge in [0.15, 0.2) is 0 Å². The Morgan fingerprint density at radius 3 is 2.54 bits per heavy atom. The van der Waals surface area contributed by atoms with Gasteiger partial charge in [-0.25, -0.2) is 8.42 Å². The van der Waals surface area contributed by atoms with Gasteiger partial charge in [-0.15, -0.1) is 11.3 Å². The summed E-state index contributed by atoms with van der Waals surface area (Å²) >= 11 is 1.18. The topological polar surface area (TPSA) is 141 Å². The van der Waals surface area contributed by atoms with Crippen LogP contribution in [0.2, 0.25) is 0 Å². The van der Waals surface area contributed by atoms with Gasteiger partial charge in [0.1, 0.15) is 0 Å². The monoisotopic (exact) mass is 785 g/mol. The summed E-state index contributed by atoms with van der Waals surface area (Å²) < 4.78 is 71.0. The van der Waals surface area contributed by atoms with Gasteiger partial charge in [-0.3, -0.25) is 19.3 Å². The number of rotatable bonds is 11. The fourth-order valence-corrected chi connectivity index (χ4v) is 9.37. The maximum Gasteiger partial charge on any atom is 0.416 e. The van der Waals surface area contributed by atoms with E-state index < -0.39 is 40.3 Å². The minimum atomic E-state index is -4.71. The molecule has 2 saturated heterocycles. The number of nitrogens with zero attached hydrogens (tertiary/aromatic N) is 6. The molecule has 0 aliphatic carbocycles. The number of pyridine rings is 1. The number of nitrogens with one attached hydrogen (secondary N) is 1. The molecule has 1 unspecified atom stereocenters. The Kier molecular flexibility index (Phi) is 11.0. The number of carbonyl (C=O) groups is 2. The number of alkyl halides is 3. The number of β-amino-alcohol motifs (C(OH)–C–C–N with tert-alkyl or cyclic N) is 1. The number of hydrogen-bond donors (Lipinski definition) is 2. The summed E-state index contributed by atoms with van der Waals surface area (Å²) in [5.41, 5.74) is 1.52. The highest BCUT2D eigenvalue weighted by molar-refractivity contribution is 7.88. The lowest BCUT2D eigenvalue weighted by Gasteiger charge is -2.37. The molecule has 7 rings (SSSR count). The highest BCUT2D eigenvalue weighted by Crippen LogP contribution is 2.37. The number of carbonyl (C=O) groups excluding carboxylic acids is 2. The number of fused-ring (bicyclic) bond motifs is 1. The Morgan fingerprint density at radius 2 is 1.85 bits per heavy atom. The second kappa shape index (κ2) is 15.5. The van der Waals surface area contributed by atoms with E-state index in [1.54, 1.807) is 35.1 Å². The molecule has 288 valence electrons. The maximum absolute atomic E-state index is 14.3. The van der Waals surface area contributed by atoms with Crippen molar-refractivity contribution in [2.75, 3.05) is 39.0 Å². The Balaban J connectivity index is 1.11. The minimum Gasteiger partial charge on any atom is -0.390 e. The maximum atomic E-state index is 14.3. The zero-order chi connectivity index (χ0) is 38.2. The van der Waals surface area contributed by atoms with Crippen LogP contribution in [-0.4, -0.2) is 105 Å². The van der Waals surface area contributed by atoms with Crippen LogP contribution in [-0.2, 0) is 47.0 Å². The van der Waals surface area contributed by atoms with Crippen LogP contribution in [0.4, 0.5) is 13.2 Å². The van der Waals surface area contributed by atoms with Gasteiger partial charge < -0.3 is 20.2 Å². The number of sulfonamides is 1. The quantitative estimate of drug-likeness (QED) is 0.228. The minimum absolute atomic E-state index is 0.0214. The van der Waals surface area contributed by atoms with Crippen LogP contribution in [0.15, 0.2) is 54.7 Å². The van der Waals surface area contributed by atoms with Crippen LogP contribution in [0.1, 0.15) is 57.7 Å². The first kappa shape index (κ1) is 38.1. The number of halogens is 3. The molecule has 3 aliphatic rings. The van der Waals surface area contributed by atoms with Gasteiger partial charge in [0, 0.05) is 87.7 Å². The molecule has 2 fully saturated rings. The average molecular weight is 786 g/mol. The molecule has 2 N–H and O–H groups in total. The van der Waals surface area contributed by atoms with E-state index in [0.717, 1.165) is 56.1 Å². The van der Waals surface area contributed by atoms with Crippen LogP contribution in [0, 0.1) is 0 Å². The van der Waals surface area contributed by atoms with Crippen LogP contribution in [0.3, 0.4) is 0 Å². The van der Waals surface area contributed by atoms with Crippen molar-refractivity contribution >= 4 is 33.2 Å². The lowest BCUT2D eigenvalue weighted by atomic mass is 9.97. The van der Waals surface area contributed by atoms with Crippen LogP contribution in [0.5, 0.6) is 0 Å². The summed E-state index contributed by atoms with van der Waals surface area (Å²) in [5.74, 6) is -0.324. The number of amides is 2. The summed E-state index contributed by atoms with van der Waals surface area (Å²) in [7, 11) is -3.59. The van der Waals surface area contributed by atoms with E-state index in [0.29, 0.717) is 52.5 Å². The van der Waals surface area contributed by atoms with E-state index in [2.05, 4.69) is 15.2 Å². The number of hydrogen-bond acceptors (Lipinski definition) is 9. The molecule has 1 aromatic carbocycles. The Labute approximate surface area is 315 Å². The molecule has 3 aliphatic heterocycles. The molecule has 0 bridgehead atoms. The van der Waals surface area contributed by atoms with Crippen molar-refractivity contribution in [3.05, 3.63) is 82.0 Å². The van der Waals surface area contributed by atoms with Crippen molar-refractivity contribution in [3.63, 3.8) is 0 Å². The lowest BCUT2D eigenvalue weighted by Crippen LogP contribution is -2.47. The highest BCUT2D eigenvalue weighted by Gasteiger charge is 2.36. The molecular formula is C37H42F3N7O5S2. The first-order chi connectivity index (χ1) is 25.7. The van der Waals surface area contributed by atoms with Crippen molar-refractivity contribution in [1.29, 1.82) is 0 Å². The molecule has 1 atom stereocenters. The number of aliphatic hydroxyl groups is 1. The zero-order valence-corrected chi connectivity index (χ0v) is 31.4. The van der Waals surface area contributed by atoms with Crippen molar-refractivity contribution < 1.29 is 36.3 Å². The molecule has 6 heterocycles. The number of aromatic nitrogens is 3. The van der Waals surface area contributed by atoms with Crippen molar-refractivity contribution in [3.8, 4) is 21.8 Å². The second-order valence-electron chi connectivity index (χ2n) is 14.1. The fraction of sp³-hybridized carbons (Fsp3) is 0.459. The van der Waals surface area contributed by atoms with Crippen molar-refractivity contribution in [2.24, 2.45) is 0 Å². The number of benzene rings is 1. The summed E-state index contributed by atoms with van der Waals surface area (Å²) in [6, 6.07) is 12.6. The van der Waals surface area contributed by atoms with Gasteiger partial charge in [-0.2, -0.15) is 22.6 Å². The van der Waals surface area contributed by atoms with Gasteiger partial charge in [0.25, 0.3) is 5.91 Å². The molecule has 4 aromatic rings. The summed E-state index contributed by atoms with van der Waals surface area (Å²) in [5, 5.41) is 18.7. The number of thiophene rings is 1. The van der Waals surface area contributed by atoms with Crippen molar-refractivity contribution in [2.45, 2.75) is 70.1 Å². The summed E-state index contributed by atoms with van der Waals surface area (Å²) in [6.45, 7) is 2.51. The van der Waals surface area contributed by atoms with E-state index in [9.17, 15) is 36.3 Å². The standard InChI is InChI=1S/C37H42F3N7O5S2/c1-54(51,52)45-18-13-31-28(23-45)35(43-47(31)22-27(48)21-44-16-11-26(12-17-44)46-15-4-6-34(46)49)24-7-8-29(37(38,39)40)25(19-24)20-42-36(50)33-10-9-32(53-33)30-5-2-3-14-41-30/h2-3,5,7-10,14,19,26-27,48H,4,6,11-13,15-18,20-23H2,1H3,(H,42,50). The highest BCUT2D eigenvalue weighted by atomic mass is 32.2. The summed E-state index contributed by atoms with van der Waals surface area (Å²) in [4.78, 5) is 34.8. The third kappa shape index (κ3) is 8.39. The van der Waals surface area contributed by atoms with Gasteiger partial charge in [0.05, 0.1) is 45.6 Å². The number of likely N-dealkylation sites (tertiary alicyclic amines) is 2. The van der Waals surface area contributed by atoms with Gasteiger partial charge >= 0.3 is 6.18 Å². The molecule has 17 heteroatoms. The van der Waals surface area contributed by atoms with Gasteiger partial charge in [-0.05, 0) is 61.2 Å². The first-order valence-electron chi connectivity index (χ1n) is 18.0. The normalized spacial score (nSPS) is 18.2. The molecule has 12 nitrogen and oxygen atoms in total. The molecule has 0 saturated carbocycles. The molecule has 3 aromatic heterocycles. The largest absolute Gasteiger partial charge is 0.416 e. The molecule has 2 amide bonds. The van der Waals surface area contributed by atoms with Crippen LogP contribution >= 0.6 is 11.3 Å². The number of aliphatic hydroxyl groups excluding tert-OH is 1. The van der Waals surface area contributed by atoms with E-state index in [-0.39, 0.29) is 37.1 Å². The van der Waals surface area contributed by atoms with E-state index >= 15 is 0 Å². The molecule has 0 spiro atoms. The first-order valence-corrected chi connectivity index (χ1v) is 20.6. The Morgan fingerprint density at radius 1 is 1.06 bits per heavy atom.